The van der Waals surface area contributed by atoms with Crippen LogP contribution in [0.4, 0.5) is 0 Å². The summed E-state index contributed by atoms with van der Waals surface area (Å²) >= 11 is 0. The number of rotatable bonds is 10. The summed E-state index contributed by atoms with van der Waals surface area (Å²) in [5.74, 6) is 2.02. The second kappa shape index (κ2) is 12.4. The van der Waals surface area contributed by atoms with Crippen LogP contribution in [0.2, 0.25) is 0 Å². The molecule has 0 saturated heterocycles. The van der Waals surface area contributed by atoms with Crippen molar-refractivity contribution in [2.24, 2.45) is 0 Å². The number of aryl methyl sites for hydroxylation is 2. The summed E-state index contributed by atoms with van der Waals surface area (Å²) in [5, 5.41) is 0.480. The molecule has 0 fully saturated rings. The molecule has 5 aromatic rings. The highest BCUT2D eigenvalue weighted by atomic mass is 16.5. The Labute approximate surface area is 261 Å². The first-order chi connectivity index (χ1) is 21.8. The van der Waals surface area contributed by atoms with Gasteiger partial charge < -0.3 is 28.3 Å². The molecule has 0 saturated carbocycles. The normalized spacial score (nSPS) is 14.0. The van der Waals surface area contributed by atoms with Crippen molar-refractivity contribution in [2.75, 3.05) is 27.9 Å². The first kappa shape index (κ1) is 29.8. The molecule has 1 aromatic heterocycles. The summed E-state index contributed by atoms with van der Waals surface area (Å²) < 4.78 is 29.0. The van der Waals surface area contributed by atoms with Crippen molar-refractivity contribution in [1.29, 1.82) is 0 Å². The number of fused-ring (bicyclic) bond motifs is 2. The van der Waals surface area contributed by atoms with Crippen LogP contribution in [0.3, 0.4) is 0 Å². The molecule has 1 amide bonds. The second-order valence-electron chi connectivity index (χ2n) is 11.2. The first-order valence-electron chi connectivity index (χ1n) is 14.8. The minimum absolute atomic E-state index is 0.0678. The quantitative estimate of drug-likeness (QED) is 0.173. The molecule has 2 heterocycles. The number of carbonyl (C=O) groups is 1. The van der Waals surface area contributed by atoms with Crippen molar-refractivity contribution in [3.63, 3.8) is 0 Å². The van der Waals surface area contributed by atoms with Crippen LogP contribution in [0.15, 0.2) is 88.1 Å². The van der Waals surface area contributed by atoms with Crippen molar-refractivity contribution in [2.45, 2.75) is 32.9 Å². The average Bonchev–Trinajstić information content (AvgIpc) is 3.33. The molecule has 0 N–H and O–H groups in total. The number of ether oxygens (including phenoxy) is 4. The van der Waals surface area contributed by atoms with Gasteiger partial charge in [-0.3, -0.25) is 9.59 Å². The molecule has 230 valence electrons. The number of hydrogen-bond donors (Lipinski definition) is 0. The Morgan fingerprint density at radius 2 is 1.47 bits per heavy atom. The van der Waals surface area contributed by atoms with Crippen LogP contribution in [-0.4, -0.2) is 38.7 Å². The maximum atomic E-state index is 14.2. The van der Waals surface area contributed by atoms with Gasteiger partial charge in [-0.05, 0) is 78.4 Å². The zero-order valence-corrected chi connectivity index (χ0v) is 26.0. The molecular formula is C37H35NO7. The van der Waals surface area contributed by atoms with E-state index < -0.39 is 6.04 Å². The summed E-state index contributed by atoms with van der Waals surface area (Å²) in [6, 6.07) is 24.1. The molecule has 0 aliphatic carbocycles. The molecule has 45 heavy (non-hydrogen) atoms. The molecule has 8 nitrogen and oxygen atoms in total. The van der Waals surface area contributed by atoms with Crippen molar-refractivity contribution >= 4 is 16.9 Å². The van der Waals surface area contributed by atoms with Crippen LogP contribution >= 0.6 is 0 Å². The maximum Gasteiger partial charge on any atom is 0.290 e. The minimum atomic E-state index is -0.689. The monoisotopic (exact) mass is 605 g/mol. The SMILES string of the molecule is COc1ccc(CCN2C(=O)c3oc4cc(C)cc(C)c4c(=O)c3C2c2ccc(OCc3ccccc3)c(OC)c2)cc1OC. The number of nitrogens with zero attached hydrogens (tertiary/aromatic N) is 1. The third-order valence-corrected chi connectivity index (χ3v) is 8.24. The third kappa shape index (κ3) is 5.59. The van der Waals surface area contributed by atoms with Gasteiger partial charge in [0.05, 0.1) is 38.3 Å². The van der Waals surface area contributed by atoms with Gasteiger partial charge in [0, 0.05) is 6.54 Å². The van der Waals surface area contributed by atoms with E-state index in [4.69, 9.17) is 23.4 Å². The van der Waals surface area contributed by atoms with E-state index in [9.17, 15) is 9.59 Å². The number of hydrogen-bond acceptors (Lipinski definition) is 7. The third-order valence-electron chi connectivity index (χ3n) is 8.24. The second-order valence-corrected chi connectivity index (χ2v) is 11.2. The molecule has 4 aromatic carbocycles. The Hall–Kier alpha value is -5.24. The van der Waals surface area contributed by atoms with E-state index in [1.165, 1.54) is 0 Å². The lowest BCUT2D eigenvalue weighted by Crippen LogP contribution is -2.31. The zero-order valence-electron chi connectivity index (χ0n) is 26.0. The number of carbonyl (C=O) groups excluding carboxylic acids is 1. The molecule has 1 atom stereocenters. The molecule has 1 aliphatic heterocycles. The molecule has 6 rings (SSSR count). The van der Waals surface area contributed by atoms with E-state index in [2.05, 4.69) is 0 Å². The summed E-state index contributed by atoms with van der Waals surface area (Å²) in [7, 11) is 4.75. The number of amides is 1. The Bertz CT molecular complexity index is 1950. The van der Waals surface area contributed by atoms with Crippen molar-refractivity contribution in [3.05, 3.63) is 128 Å². The predicted octanol–water partition coefficient (Wildman–Crippen LogP) is 6.80. The lowest BCUT2D eigenvalue weighted by Gasteiger charge is -2.26. The van der Waals surface area contributed by atoms with Crippen LogP contribution in [-0.2, 0) is 13.0 Å². The molecule has 1 unspecified atom stereocenters. The molecule has 1 aliphatic rings. The standard InChI is InChI=1S/C37H35NO7/c1-22-17-23(2)32-31(18-22)45-36-33(35(32)39)34(38(37(36)40)16-15-24-11-13-27(41-3)29(19-24)42-4)26-12-14-28(30(20-26)43-5)44-21-25-9-7-6-8-10-25/h6-14,17-20,34H,15-16,21H2,1-5H3. The van der Waals surface area contributed by atoms with Gasteiger partial charge in [-0.2, -0.15) is 0 Å². The van der Waals surface area contributed by atoms with Gasteiger partial charge in [-0.25, -0.2) is 0 Å². The predicted molar refractivity (Wildman–Crippen MR) is 172 cm³/mol. The fourth-order valence-electron chi connectivity index (χ4n) is 6.09. The van der Waals surface area contributed by atoms with Crippen molar-refractivity contribution in [1.82, 2.24) is 4.90 Å². The molecule has 0 bridgehead atoms. The number of benzene rings is 4. The van der Waals surface area contributed by atoms with Gasteiger partial charge in [-0.1, -0.05) is 48.5 Å². The summed E-state index contributed by atoms with van der Waals surface area (Å²) in [5.41, 5.74) is 4.97. The van der Waals surface area contributed by atoms with Crippen molar-refractivity contribution < 1.29 is 28.2 Å². The highest BCUT2D eigenvalue weighted by Gasteiger charge is 2.43. The largest absolute Gasteiger partial charge is 0.493 e. The van der Waals surface area contributed by atoms with Gasteiger partial charge in [0.25, 0.3) is 5.91 Å². The highest BCUT2D eigenvalue weighted by molar-refractivity contribution is 5.99. The fourth-order valence-corrected chi connectivity index (χ4v) is 6.09. The van der Waals surface area contributed by atoms with E-state index in [1.807, 2.05) is 86.6 Å². The molecule has 0 spiro atoms. The van der Waals surface area contributed by atoms with E-state index in [-0.39, 0.29) is 17.1 Å². The molecule has 0 radical (unpaired) electrons. The Morgan fingerprint density at radius 1 is 0.756 bits per heavy atom. The van der Waals surface area contributed by atoms with Gasteiger partial charge in [0.15, 0.2) is 28.4 Å². The van der Waals surface area contributed by atoms with Crippen LogP contribution in [0, 0.1) is 13.8 Å². The van der Waals surface area contributed by atoms with E-state index in [0.29, 0.717) is 59.1 Å². The van der Waals surface area contributed by atoms with Crippen LogP contribution in [0.5, 0.6) is 23.0 Å². The Morgan fingerprint density at radius 3 is 2.20 bits per heavy atom. The van der Waals surface area contributed by atoms with E-state index in [1.54, 1.807) is 32.3 Å². The summed E-state index contributed by atoms with van der Waals surface area (Å²) in [6.07, 6.45) is 0.512. The van der Waals surface area contributed by atoms with Gasteiger partial charge in [0.2, 0.25) is 5.76 Å². The number of methoxy groups -OCH3 is 3. The molecular weight excluding hydrogens is 570 g/mol. The highest BCUT2D eigenvalue weighted by Crippen LogP contribution is 2.41. The summed E-state index contributed by atoms with van der Waals surface area (Å²) in [6.45, 7) is 4.52. The van der Waals surface area contributed by atoms with Gasteiger partial charge in [0.1, 0.15) is 12.2 Å². The van der Waals surface area contributed by atoms with Gasteiger partial charge >= 0.3 is 0 Å². The Kier molecular flexibility index (Phi) is 8.22. The van der Waals surface area contributed by atoms with E-state index >= 15 is 0 Å². The zero-order chi connectivity index (χ0) is 31.7. The lowest BCUT2D eigenvalue weighted by molar-refractivity contribution is 0.0729. The fraction of sp³-hybridized carbons (Fsp3) is 0.243. The topological polar surface area (TPSA) is 87.4 Å². The maximum absolute atomic E-state index is 14.2. The average molecular weight is 606 g/mol. The Balaban J connectivity index is 1.42. The lowest BCUT2D eigenvalue weighted by atomic mass is 9.96. The summed E-state index contributed by atoms with van der Waals surface area (Å²) in [4.78, 5) is 30.0. The van der Waals surface area contributed by atoms with Gasteiger partial charge in [-0.15, -0.1) is 0 Å². The van der Waals surface area contributed by atoms with E-state index in [0.717, 1.165) is 27.8 Å². The van der Waals surface area contributed by atoms with Crippen LogP contribution < -0.4 is 24.4 Å². The van der Waals surface area contributed by atoms with Crippen molar-refractivity contribution in [3.8, 4) is 23.0 Å². The minimum Gasteiger partial charge on any atom is -0.493 e. The first-order valence-corrected chi connectivity index (χ1v) is 14.8. The van der Waals surface area contributed by atoms with Crippen LogP contribution in [0.25, 0.3) is 11.0 Å². The molecule has 8 heteroatoms. The van der Waals surface area contributed by atoms with Crippen LogP contribution in [0.1, 0.15) is 50.0 Å². The smallest absolute Gasteiger partial charge is 0.290 e.